The average molecular weight is 485 g/mol. The van der Waals surface area contributed by atoms with E-state index in [2.05, 4.69) is 10.2 Å². The zero-order valence-electron chi connectivity index (χ0n) is 21.0. The van der Waals surface area contributed by atoms with Crippen LogP contribution in [0.4, 0.5) is 4.79 Å². The second-order valence-electron chi connectivity index (χ2n) is 10.1. The molecule has 0 aliphatic carbocycles. The number of benzene rings is 1. The molecule has 3 atom stereocenters. The maximum atomic E-state index is 13.3. The van der Waals surface area contributed by atoms with Gasteiger partial charge < -0.3 is 19.9 Å². The van der Waals surface area contributed by atoms with Gasteiger partial charge in [-0.15, -0.1) is 0 Å². The van der Waals surface area contributed by atoms with Gasteiger partial charge in [0.15, 0.2) is 0 Å². The molecule has 4 rings (SSSR count). The van der Waals surface area contributed by atoms with Gasteiger partial charge in [-0.1, -0.05) is 36.8 Å². The number of imide groups is 1. The molecule has 3 heterocycles. The number of piperidine rings is 2. The van der Waals surface area contributed by atoms with Crippen LogP contribution in [0, 0.1) is 5.92 Å². The van der Waals surface area contributed by atoms with Gasteiger partial charge in [-0.3, -0.25) is 14.5 Å². The average Bonchev–Trinajstić information content (AvgIpc) is 3.15. The summed E-state index contributed by atoms with van der Waals surface area (Å²) < 4.78 is 5.23. The zero-order valence-corrected chi connectivity index (χ0v) is 21.0. The van der Waals surface area contributed by atoms with E-state index in [0.717, 1.165) is 18.5 Å². The predicted molar refractivity (Wildman–Crippen MR) is 134 cm³/mol. The zero-order chi connectivity index (χ0) is 24.6. The molecule has 4 amide bonds. The minimum absolute atomic E-state index is 0.0672. The van der Waals surface area contributed by atoms with Crippen LogP contribution in [0.3, 0.4) is 0 Å². The number of nitrogens with zero attached hydrogens (tertiary/aromatic N) is 3. The summed E-state index contributed by atoms with van der Waals surface area (Å²) in [5.41, 5.74) is 0.904. The summed E-state index contributed by atoms with van der Waals surface area (Å²) in [5.74, 6) is 0.324. The molecule has 1 aromatic rings. The second kappa shape index (κ2) is 12.5. The van der Waals surface area contributed by atoms with Crippen LogP contribution in [-0.2, 0) is 20.9 Å². The number of hydrogen-bond acceptors (Lipinski definition) is 5. The fraction of sp³-hybridized carbons (Fsp3) is 0.667. The lowest BCUT2D eigenvalue weighted by Crippen LogP contribution is -2.51. The van der Waals surface area contributed by atoms with E-state index in [9.17, 15) is 14.4 Å². The molecule has 8 heteroatoms. The number of amides is 4. The minimum atomic E-state index is -0.639. The number of ether oxygens (including phenoxy) is 1. The standard InChI is InChI=1S/C27H40N4O4/c1-35-18-8-17-30(20-22-11-7-16-29-15-6-5-12-24(22)29)25(32)14-13-23-26(33)31(27(34)28-23)19-21-9-3-2-4-10-21/h2-4,9-10,22-24H,5-8,11-20H2,1H3,(H,28,34). The van der Waals surface area contributed by atoms with Crippen LogP contribution in [-0.4, -0.2) is 84.5 Å². The van der Waals surface area contributed by atoms with E-state index in [4.69, 9.17) is 4.74 Å². The van der Waals surface area contributed by atoms with Crippen molar-refractivity contribution in [2.45, 2.75) is 70.0 Å². The molecular weight excluding hydrogens is 444 g/mol. The first-order valence-corrected chi connectivity index (χ1v) is 13.2. The van der Waals surface area contributed by atoms with Gasteiger partial charge in [-0.25, -0.2) is 4.79 Å². The van der Waals surface area contributed by atoms with E-state index in [0.29, 0.717) is 31.5 Å². The highest BCUT2D eigenvalue weighted by Crippen LogP contribution is 2.31. The van der Waals surface area contributed by atoms with Crippen molar-refractivity contribution in [3.05, 3.63) is 35.9 Å². The lowest BCUT2D eigenvalue weighted by Gasteiger charge is -2.45. The predicted octanol–water partition coefficient (Wildman–Crippen LogP) is 3.02. The topological polar surface area (TPSA) is 82.2 Å². The Bertz CT molecular complexity index is 862. The largest absolute Gasteiger partial charge is 0.385 e. The summed E-state index contributed by atoms with van der Waals surface area (Å²) in [4.78, 5) is 44.5. The molecule has 3 unspecified atom stereocenters. The molecule has 3 fully saturated rings. The number of fused-ring (bicyclic) bond motifs is 1. The van der Waals surface area contributed by atoms with Crippen LogP contribution in [0.15, 0.2) is 30.3 Å². The van der Waals surface area contributed by atoms with Gasteiger partial charge in [0.1, 0.15) is 6.04 Å². The van der Waals surface area contributed by atoms with Crippen molar-refractivity contribution >= 4 is 17.8 Å². The van der Waals surface area contributed by atoms with Crippen LogP contribution >= 0.6 is 0 Å². The molecule has 3 aliphatic rings. The normalized spacial score (nSPS) is 24.8. The van der Waals surface area contributed by atoms with E-state index < -0.39 is 6.04 Å². The molecule has 0 bridgehead atoms. The molecule has 192 valence electrons. The van der Waals surface area contributed by atoms with E-state index in [-0.39, 0.29) is 30.8 Å². The summed E-state index contributed by atoms with van der Waals surface area (Å²) in [6.45, 7) is 4.67. The van der Waals surface area contributed by atoms with Crippen molar-refractivity contribution in [2.75, 3.05) is 39.9 Å². The van der Waals surface area contributed by atoms with E-state index in [1.54, 1.807) is 7.11 Å². The first-order chi connectivity index (χ1) is 17.1. The van der Waals surface area contributed by atoms with E-state index in [1.165, 1.54) is 50.1 Å². The Morgan fingerprint density at radius 3 is 2.71 bits per heavy atom. The number of nitrogens with one attached hydrogen (secondary N) is 1. The van der Waals surface area contributed by atoms with Gasteiger partial charge in [0.05, 0.1) is 6.54 Å². The van der Waals surface area contributed by atoms with Crippen LogP contribution < -0.4 is 5.32 Å². The van der Waals surface area contributed by atoms with Gasteiger partial charge in [-0.2, -0.15) is 0 Å². The summed E-state index contributed by atoms with van der Waals surface area (Å²) in [5, 5.41) is 2.78. The van der Waals surface area contributed by atoms with Crippen LogP contribution in [0.5, 0.6) is 0 Å². The molecule has 1 aromatic carbocycles. The third-order valence-electron chi connectivity index (χ3n) is 7.75. The summed E-state index contributed by atoms with van der Waals surface area (Å²) >= 11 is 0. The quantitative estimate of drug-likeness (QED) is 0.386. The molecule has 3 aliphatic heterocycles. The molecule has 0 radical (unpaired) electrons. The molecule has 35 heavy (non-hydrogen) atoms. The molecule has 1 N–H and O–H groups in total. The van der Waals surface area contributed by atoms with Gasteiger partial charge in [0.2, 0.25) is 5.91 Å². The highest BCUT2D eigenvalue weighted by Gasteiger charge is 2.39. The Kier molecular flexibility index (Phi) is 9.15. The van der Waals surface area contributed by atoms with Gasteiger partial charge in [0.25, 0.3) is 5.91 Å². The Labute approximate surface area is 209 Å². The Balaban J connectivity index is 1.33. The van der Waals surface area contributed by atoms with Crippen molar-refractivity contribution in [1.82, 2.24) is 20.0 Å². The lowest BCUT2D eigenvalue weighted by molar-refractivity contribution is -0.133. The molecular formula is C27H40N4O4. The molecule has 0 spiro atoms. The minimum Gasteiger partial charge on any atom is -0.385 e. The molecule has 3 saturated heterocycles. The molecule has 0 aromatic heterocycles. The SMILES string of the molecule is COCCCN(CC1CCCN2CCCCC12)C(=O)CCC1NC(=O)N(Cc2ccccc2)C1=O. The Hall–Kier alpha value is -2.45. The first kappa shape index (κ1) is 25.6. The molecule has 8 nitrogen and oxygen atoms in total. The number of rotatable bonds is 11. The second-order valence-corrected chi connectivity index (χ2v) is 10.1. The number of carbonyl (C=O) groups excluding carboxylic acids is 3. The molecule has 0 saturated carbocycles. The highest BCUT2D eigenvalue weighted by molar-refractivity contribution is 6.04. The Morgan fingerprint density at radius 1 is 1.11 bits per heavy atom. The maximum absolute atomic E-state index is 13.3. The fourth-order valence-corrected chi connectivity index (χ4v) is 5.90. The van der Waals surface area contributed by atoms with Gasteiger partial charge in [0, 0.05) is 39.3 Å². The number of hydrogen-bond donors (Lipinski definition) is 1. The highest BCUT2D eigenvalue weighted by atomic mass is 16.5. The summed E-state index contributed by atoms with van der Waals surface area (Å²) in [6.07, 6.45) is 7.53. The van der Waals surface area contributed by atoms with E-state index >= 15 is 0 Å². The lowest BCUT2D eigenvalue weighted by atomic mass is 9.83. The fourth-order valence-electron chi connectivity index (χ4n) is 5.90. The number of urea groups is 1. The van der Waals surface area contributed by atoms with Gasteiger partial charge in [-0.05, 0) is 63.1 Å². The third kappa shape index (κ3) is 6.61. The first-order valence-electron chi connectivity index (χ1n) is 13.2. The van der Waals surface area contributed by atoms with Crippen molar-refractivity contribution < 1.29 is 19.1 Å². The van der Waals surface area contributed by atoms with Crippen LogP contribution in [0.25, 0.3) is 0 Å². The van der Waals surface area contributed by atoms with Crippen molar-refractivity contribution in [3.8, 4) is 0 Å². The maximum Gasteiger partial charge on any atom is 0.325 e. The summed E-state index contributed by atoms with van der Waals surface area (Å²) in [6, 6.07) is 9.04. The van der Waals surface area contributed by atoms with Crippen molar-refractivity contribution in [2.24, 2.45) is 5.92 Å². The Morgan fingerprint density at radius 2 is 1.91 bits per heavy atom. The van der Waals surface area contributed by atoms with Crippen LogP contribution in [0.1, 0.15) is 56.9 Å². The van der Waals surface area contributed by atoms with Gasteiger partial charge >= 0.3 is 6.03 Å². The van der Waals surface area contributed by atoms with E-state index in [1.807, 2.05) is 35.2 Å². The number of carbonyl (C=O) groups is 3. The smallest absolute Gasteiger partial charge is 0.325 e. The monoisotopic (exact) mass is 484 g/mol. The third-order valence-corrected chi connectivity index (χ3v) is 7.75. The summed E-state index contributed by atoms with van der Waals surface area (Å²) in [7, 11) is 1.68. The number of methoxy groups -OCH3 is 1. The van der Waals surface area contributed by atoms with Crippen LogP contribution in [0.2, 0.25) is 0 Å². The van der Waals surface area contributed by atoms with Crippen molar-refractivity contribution in [1.29, 1.82) is 0 Å². The van der Waals surface area contributed by atoms with Crippen molar-refractivity contribution in [3.63, 3.8) is 0 Å².